The van der Waals surface area contributed by atoms with Crippen molar-refractivity contribution in [3.63, 3.8) is 0 Å². The largest absolute Gasteiger partial charge is 0.478 e. The summed E-state index contributed by atoms with van der Waals surface area (Å²) in [4.78, 5) is 24.9. The standard InChI is InChI=1S/C26H23N3O4/c1-14-8-20(16(3)29-22-7-5-4-6-19(22)26(31)32)25-21(9-14)23(30)15(2)24(33-25)18-10-17(11-27)12-28-13-18/h4-10,12,16,28-29H,13H2,1-3H3,(H,31,32). The Hall–Kier alpha value is -4.31. The molecule has 3 aromatic rings. The Morgan fingerprint density at radius 3 is 2.76 bits per heavy atom. The van der Waals surface area contributed by atoms with Crippen LogP contribution in [0.4, 0.5) is 5.69 Å². The van der Waals surface area contributed by atoms with Crippen molar-refractivity contribution in [3.8, 4) is 6.07 Å². The number of allylic oxidation sites excluding steroid dienone is 2. The first-order valence-corrected chi connectivity index (χ1v) is 10.5. The number of carbonyl (C=O) groups is 1. The van der Waals surface area contributed by atoms with E-state index in [4.69, 9.17) is 4.42 Å². The third kappa shape index (κ3) is 4.11. The van der Waals surface area contributed by atoms with Gasteiger partial charge in [0.1, 0.15) is 17.4 Å². The summed E-state index contributed by atoms with van der Waals surface area (Å²) in [6.45, 7) is 5.95. The zero-order valence-electron chi connectivity index (χ0n) is 18.5. The molecule has 1 aliphatic heterocycles. The summed E-state index contributed by atoms with van der Waals surface area (Å²) in [7, 11) is 0. The SMILES string of the molecule is Cc1cc(C(C)Nc2ccccc2C(=O)O)c2oc(C3=CC(C#N)=CNC3)c(C)c(=O)c2c1. The maximum atomic E-state index is 13.3. The van der Waals surface area contributed by atoms with Crippen LogP contribution in [-0.2, 0) is 0 Å². The molecule has 1 aromatic heterocycles. The fraction of sp³-hybridized carbons (Fsp3) is 0.192. The molecule has 0 radical (unpaired) electrons. The Bertz CT molecular complexity index is 1440. The van der Waals surface area contributed by atoms with Crippen LogP contribution in [0.1, 0.15) is 45.8 Å². The van der Waals surface area contributed by atoms with E-state index in [1.165, 1.54) is 6.07 Å². The van der Waals surface area contributed by atoms with Crippen molar-refractivity contribution < 1.29 is 14.3 Å². The van der Waals surface area contributed by atoms with Gasteiger partial charge in [0.2, 0.25) is 0 Å². The lowest BCUT2D eigenvalue weighted by Gasteiger charge is -2.20. The molecule has 7 heteroatoms. The van der Waals surface area contributed by atoms with Crippen molar-refractivity contribution in [3.05, 3.63) is 92.5 Å². The van der Waals surface area contributed by atoms with E-state index in [1.807, 2.05) is 19.9 Å². The number of fused-ring (bicyclic) bond motifs is 1. The number of carboxylic acids is 1. The maximum absolute atomic E-state index is 13.3. The molecule has 0 bridgehead atoms. The van der Waals surface area contributed by atoms with Gasteiger partial charge in [0.25, 0.3) is 0 Å². The monoisotopic (exact) mass is 441 g/mol. The van der Waals surface area contributed by atoms with Crippen LogP contribution in [-0.4, -0.2) is 17.6 Å². The second-order valence-corrected chi connectivity index (χ2v) is 8.09. The zero-order valence-corrected chi connectivity index (χ0v) is 18.5. The van der Waals surface area contributed by atoms with Crippen molar-refractivity contribution in [1.82, 2.24) is 5.32 Å². The van der Waals surface area contributed by atoms with Gasteiger partial charge in [-0.25, -0.2) is 4.79 Å². The Labute approximate surface area is 190 Å². The van der Waals surface area contributed by atoms with Gasteiger partial charge in [0.15, 0.2) is 5.43 Å². The van der Waals surface area contributed by atoms with Crippen LogP contribution in [0.2, 0.25) is 0 Å². The van der Waals surface area contributed by atoms with E-state index in [1.54, 1.807) is 43.5 Å². The number of rotatable bonds is 5. The lowest BCUT2D eigenvalue weighted by atomic mass is 9.97. The van der Waals surface area contributed by atoms with Crippen LogP contribution in [0.25, 0.3) is 16.5 Å². The van der Waals surface area contributed by atoms with Crippen LogP contribution in [0.3, 0.4) is 0 Å². The van der Waals surface area contributed by atoms with Crippen molar-refractivity contribution in [1.29, 1.82) is 5.26 Å². The fourth-order valence-corrected chi connectivity index (χ4v) is 4.06. The summed E-state index contributed by atoms with van der Waals surface area (Å²) in [6.07, 6.45) is 3.34. The molecule has 33 heavy (non-hydrogen) atoms. The Balaban J connectivity index is 1.88. The second kappa shape index (κ2) is 8.67. The number of nitriles is 1. The van der Waals surface area contributed by atoms with E-state index in [-0.39, 0.29) is 17.0 Å². The molecule has 1 atom stereocenters. The number of aryl methyl sites for hydroxylation is 1. The van der Waals surface area contributed by atoms with Gasteiger partial charge >= 0.3 is 5.97 Å². The molecule has 0 saturated heterocycles. The van der Waals surface area contributed by atoms with E-state index >= 15 is 0 Å². The number of nitrogens with one attached hydrogen (secondary N) is 2. The van der Waals surface area contributed by atoms with Crippen molar-refractivity contribution in [2.45, 2.75) is 26.8 Å². The van der Waals surface area contributed by atoms with Crippen LogP contribution in [0.15, 0.2) is 63.5 Å². The van der Waals surface area contributed by atoms with Crippen molar-refractivity contribution >= 4 is 28.2 Å². The van der Waals surface area contributed by atoms with Gasteiger partial charge < -0.3 is 20.2 Å². The summed E-state index contributed by atoms with van der Waals surface area (Å²) in [6, 6.07) is 12.2. The molecule has 3 N–H and O–H groups in total. The highest BCUT2D eigenvalue weighted by Crippen LogP contribution is 2.32. The lowest BCUT2D eigenvalue weighted by Crippen LogP contribution is -2.18. The van der Waals surface area contributed by atoms with E-state index in [0.29, 0.717) is 45.7 Å². The highest BCUT2D eigenvalue weighted by molar-refractivity contribution is 5.94. The average Bonchev–Trinajstić information content (AvgIpc) is 2.81. The molecule has 0 saturated carbocycles. The number of para-hydroxylation sites is 1. The third-order valence-corrected chi connectivity index (χ3v) is 5.69. The van der Waals surface area contributed by atoms with Gasteiger partial charge in [-0.2, -0.15) is 5.26 Å². The molecule has 0 amide bonds. The molecule has 1 unspecified atom stereocenters. The third-order valence-electron chi connectivity index (χ3n) is 5.69. The topological polar surface area (TPSA) is 115 Å². The minimum atomic E-state index is -1.03. The van der Waals surface area contributed by atoms with Crippen molar-refractivity contribution in [2.75, 3.05) is 11.9 Å². The Kier molecular flexibility index (Phi) is 5.76. The summed E-state index contributed by atoms with van der Waals surface area (Å²) >= 11 is 0. The first kappa shape index (κ1) is 21.9. The minimum absolute atomic E-state index is 0.136. The first-order valence-electron chi connectivity index (χ1n) is 10.5. The molecule has 0 spiro atoms. The molecule has 4 rings (SSSR count). The predicted octanol–water partition coefficient (Wildman–Crippen LogP) is 4.68. The molecular weight excluding hydrogens is 418 g/mol. The van der Waals surface area contributed by atoms with E-state index in [2.05, 4.69) is 16.7 Å². The second-order valence-electron chi connectivity index (χ2n) is 8.09. The number of carboxylic acid groups (broad SMARTS) is 1. The number of aromatic carboxylic acids is 1. The zero-order chi connectivity index (χ0) is 23.7. The minimum Gasteiger partial charge on any atom is -0.478 e. The molecule has 166 valence electrons. The Morgan fingerprint density at radius 2 is 2.03 bits per heavy atom. The van der Waals surface area contributed by atoms with Crippen LogP contribution >= 0.6 is 0 Å². The average molecular weight is 441 g/mol. The predicted molar refractivity (Wildman–Crippen MR) is 127 cm³/mol. The number of benzene rings is 2. The normalized spacial score (nSPS) is 14.0. The van der Waals surface area contributed by atoms with Gasteiger partial charge in [-0.1, -0.05) is 18.2 Å². The molecule has 7 nitrogen and oxygen atoms in total. The quantitative estimate of drug-likeness (QED) is 0.527. The molecule has 0 fully saturated rings. The number of hydrogen-bond acceptors (Lipinski definition) is 6. The molecule has 0 aliphatic carbocycles. The van der Waals surface area contributed by atoms with Gasteiger partial charge in [-0.3, -0.25) is 4.79 Å². The van der Waals surface area contributed by atoms with Crippen LogP contribution in [0, 0.1) is 25.2 Å². The van der Waals surface area contributed by atoms with Gasteiger partial charge in [0.05, 0.1) is 22.6 Å². The lowest BCUT2D eigenvalue weighted by molar-refractivity contribution is 0.0698. The number of dihydropyridines is 1. The molecular formula is C26H23N3O4. The van der Waals surface area contributed by atoms with E-state index < -0.39 is 5.97 Å². The van der Waals surface area contributed by atoms with Gasteiger partial charge in [-0.05, 0) is 50.6 Å². The van der Waals surface area contributed by atoms with Crippen LogP contribution < -0.4 is 16.1 Å². The molecule has 1 aliphatic rings. The fourth-order valence-electron chi connectivity index (χ4n) is 4.06. The smallest absolute Gasteiger partial charge is 0.337 e. The number of hydrogen-bond donors (Lipinski definition) is 3. The maximum Gasteiger partial charge on any atom is 0.337 e. The first-order chi connectivity index (χ1) is 15.8. The van der Waals surface area contributed by atoms with Crippen molar-refractivity contribution in [2.24, 2.45) is 0 Å². The van der Waals surface area contributed by atoms with Gasteiger partial charge in [-0.15, -0.1) is 0 Å². The molecule has 2 heterocycles. The summed E-state index contributed by atoms with van der Waals surface area (Å²) in [5.41, 5.74) is 4.21. The summed E-state index contributed by atoms with van der Waals surface area (Å²) in [5.74, 6) is -0.592. The summed E-state index contributed by atoms with van der Waals surface area (Å²) in [5, 5.41) is 25.5. The summed E-state index contributed by atoms with van der Waals surface area (Å²) < 4.78 is 6.33. The number of nitrogens with zero attached hydrogens (tertiary/aromatic N) is 1. The molecule has 2 aromatic carbocycles. The van der Waals surface area contributed by atoms with E-state index in [0.717, 1.165) is 11.1 Å². The van der Waals surface area contributed by atoms with Crippen LogP contribution in [0.5, 0.6) is 0 Å². The number of anilines is 1. The Morgan fingerprint density at radius 1 is 1.27 bits per heavy atom. The van der Waals surface area contributed by atoms with Gasteiger partial charge in [0, 0.05) is 35.1 Å². The highest BCUT2D eigenvalue weighted by Gasteiger charge is 2.21. The van der Waals surface area contributed by atoms with E-state index in [9.17, 15) is 20.0 Å². The highest BCUT2D eigenvalue weighted by atomic mass is 16.4.